The van der Waals surface area contributed by atoms with E-state index in [1.54, 1.807) is 0 Å². The van der Waals surface area contributed by atoms with Gasteiger partial charge in [-0.2, -0.15) is 0 Å². The molecule has 0 aromatic carbocycles. The van der Waals surface area contributed by atoms with Crippen LogP contribution >= 0.6 is 15.6 Å². The summed E-state index contributed by atoms with van der Waals surface area (Å²) in [7, 11) is -9.90. The van der Waals surface area contributed by atoms with Crippen molar-refractivity contribution >= 4 is 39.5 Å². The Kier molecular flexibility index (Phi) is 68.1. The maximum absolute atomic E-state index is 13.1. The predicted molar refractivity (Wildman–Crippen MR) is 382 cm³/mol. The van der Waals surface area contributed by atoms with Crippen LogP contribution in [0.5, 0.6) is 0 Å². The molecule has 0 aromatic heterocycles. The van der Waals surface area contributed by atoms with Crippen LogP contribution in [0, 0.1) is 0 Å². The zero-order chi connectivity index (χ0) is 69.0. The Hall–Kier alpha value is -1.94. The minimum Gasteiger partial charge on any atom is -0.462 e. The van der Waals surface area contributed by atoms with Crippen molar-refractivity contribution in [3.8, 4) is 0 Å². The molecule has 0 saturated carbocycles. The summed E-state index contributed by atoms with van der Waals surface area (Å²) in [6.45, 7) is 4.95. The molecule has 3 N–H and O–H groups in total. The molecule has 5 atom stereocenters. The molecule has 0 aromatic rings. The average molecular weight is 1380 g/mol. The molecule has 94 heavy (non-hydrogen) atoms. The fraction of sp³-hybridized carbons (Fsp3) is 0.947. The van der Waals surface area contributed by atoms with Gasteiger partial charge in [0.1, 0.15) is 19.3 Å². The Morgan fingerprint density at radius 1 is 0.255 bits per heavy atom. The van der Waals surface area contributed by atoms with Crippen molar-refractivity contribution in [3.63, 3.8) is 0 Å². The first-order chi connectivity index (χ1) is 45.7. The SMILES string of the molecule is CCCCCCCCCCCCCCCCCCCCCCCC(=O)O[C@H](COC(=O)CCCCCCCCCCCCCCCC)COP(=O)(O)OC[C@@H](O)COP(=O)(O)OC[C@@H](COC(=O)CCCCCCCCCCC)OC(=O)CCCCCCCCCCCC. The highest BCUT2D eigenvalue weighted by atomic mass is 31.2. The minimum absolute atomic E-state index is 0.107. The molecule has 0 saturated heterocycles. The van der Waals surface area contributed by atoms with Crippen molar-refractivity contribution in [2.24, 2.45) is 0 Å². The minimum atomic E-state index is -4.95. The van der Waals surface area contributed by atoms with E-state index in [0.29, 0.717) is 25.7 Å². The molecule has 0 radical (unpaired) electrons. The van der Waals surface area contributed by atoms with Crippen LogP contribution in [0.1, 0.15) is 400 Å². The second kappa shape index (κ2) is 69.5. The van der Waals surface area contributed by atoms with E-state index in [9.17, 15) is 43.2 Å². The monoisotopic (exact) mass is 1380 g/mol. The number of aliphatic hydroxyl groups excluding tert-OH is 1. The van der Waals surface area contributed by atoms with Gasteiger partial charge in [-0.3, -0.25) is 37.3 Å². The molecule has 17 nitrogen and oxygen atoms in total. The molecular weight excluding hydrogens is 1230 g/mol. The number of carbonyl (C=O) groups is 4. The summed E-state index contributed by atoms with van der Waals surface area (Å²) in [5, 5.41) is 10.6. The third-order valence-electron chi connectivity index (χ3n) is 17.6. The topological polar surface area (TPSA) is 237 Å². The highest BCUT2D eigenvalue weighted by Gasteiger charge is 2.30. The van der Waals surface area contributed by atoms with Gasteiger partial charge in [0.15, 0.2) is 12.2 Å². The van der Waals surface area contributed by atoms with Gasteiger partial charge >= 0.3 is 39.5 Å². The Bertz CT molecular complexity index is 1790. The van der Waals surface area contributed by atoms with Crippen molar-refractivity contribution in [2.45, 2.75) is 418 Å². The number of esters is 4. The molecule has 19 heteroatoms. The van der Waals surface area contributed by atoms with Crippen molar-refractivity contribution in [1.82, 2.24) is 0 Å². The van der Waals surface area contributed by atoms with E-state index in [1.165, 1.54) is 231 Å². The second-order valence-corrected chi connectivity index (χ2v) is 29.9. The van der Waals surface area contributed by atoms with Crippen LogP contribution in [0.2, 0.25) is 0 Å². The molecule has 0 aliphatic carbocycles. The zero-order valence-electron chi connectivity index (χ0n) is 60.9. The lowest BCUT2D eigenvalue weighted by Gasteiger charge is -2.21. The van der Waals surface area contributed by atoms with Crippen LogP contribution in [-0.2, 0) is 65.4 Å². The van der Waals surface area contributed by atoms with Crippen LogP contribution in [0.15, 0.2) is 0 Å². The number of unbranched alkanes of at least 4 members (excludes halogenated alkanes) is 50. The lowest BCUT2D eigenvalue weighted by molar-refractivity contribution is -0.161. The number of ether oxygens (including phenoxy) is 4. The fourth-order valence-corrected chi connectivity index (χ4v) is 13.2. The molecule has 0 aliphatic heterocycles. The first-order valence-corrected chi connectivity index (χ1v) is 42.3. The summed E-state index contributed by atoms with van der Waals surface area (Å²) in [5.41, 5.74) is 0. The summed E-state index contributed by atoms with van der Waals surface area (Å²) < 4.78 is 68.4. The average Bonchev–Trinajstić information content (AvgIpc) is 1.69. The van der Waals surface area contributed by atoms with Crippen LogP contribution in [0.25, 0.3) is 0 Å². The molecule has 558 valence electrons. The van der Waals surface area contributed by atoms with Gasteiger partial charge in [0.05, 0.1) is 26.4 Å². The first kappa shape index (κ1) is 92.1. The Morgan fingerprint density at radius 3 is 0.628 bits per heavy atom. The van der Waals surface area contributed by atoms with Crippen molar-refractivity contribution < 1.29 is 80.2 Å². The number of aliphatic hydroxyl groups is 1. The summed E-state index contributed by atoms with van der Waals surface area (Å²) in [5.74, 6) is -2.12. The summed E-state index contributed by atoms with van der Waals surface area (Å²) >= 11 is 0. The molecule has 0 fully saturated rings. The normalized spacial score (nSPS) is 13.9. The van der Waals surface area contributed by atoms with Crippen molar-refractivity contribution in [2.75, 3.05) is 39.6 Å². The molecule has 0 aliphatic rings. The van der Waals surface area contributed by atoms with Crippen LogP contribution < -0.4 is 0 Å². The van der Waals surface area contributed by atoms with E-state index >= 15 is 0 Å². The molecule has 0 amide bonds. The van der Waals surface area contributed by atoms with Gasteiger partial charge in [-0.1, -0.05) is 349 Å². The number of hydrogen-bond acceptors (Lipinski definition) is 15. The predicted octanol–water partition coefficient (Wildman–Crippen LogP) is 22.2. The summed E-state index contributed by atoms with van der Waals surface area (Å²) in [6.07, 6.45) is 59.7. The lowest BCUT2D eigenvalue weighted by Crippen LogP contribution is -2.30. The van der Waals surface area contributed by atoms with Gasteiger partial charge in [-0.15, -0.1) is 0 Å². The highest BCUT2D eigenvalue weighted by Crippen LogP contribution is 2.45. The van der Waals surface area contributed by atoms with Crippen molar-refractivity contribution in [1.29, 1.82) is 0 Å². The Labute approximate surface area is 575 Å². The van der Waals surface area contributed by atoms with Crippen LogP contribution in [0.3, 0.4) is 0 Å². The van der Waals surface area contributed by atoms with Gasteiger partial charge in [0.2, 0.25) is 0 Å². The zero-order valence-corrected chi connectivity index (χ0v) is 62.7. The number of phosphoric acid groups is 2. The third kappa shape index (κ3) is 68.6. The molecule has 0 heterocycles. The molecule has 0 spiro atoms. The number of phosphoric ester groups is 2. The summed E-state index contributed by atoms with van der Waals surface area (Å²) in [4.78, 5) is 72.6. The van der Waals surface area contributed by atoms with Gasteiger partial charge < -0.3 is 33.8 Å². The highest BCUT2D eigenvalue weighted by molar-refractivity contribution is 7.47. The van der Waals surface area contributed by atoms with Crippen molar-refractivity contribution in [3.05, 3.63) is 0 Å². The number of rotatable bonds is 76. The van der Waals surface area contributed by atoms with Gasteiger partial charge in [0.25, 0.3) is 0 Å². The van der Waals surface area contributed by atoms with E-state index in [1.807, 2.05) is 0 Å². The number of carbonyl (C=O) groups excluding carboxylic acids is 4. The first-order valence-electron chi connectivity index (χ1n) is 39.3. The van der Waals surface area contributed by atoms with E-state index in [-0.39, 0.29) is 25.7 Å². The molecular formula is C75H146O17P2. The molecule has 0 bridgehead atoms. The maximum Gasteiger partial charge on any atom is 0.472 e. The standard InChI is InChI=1S/C75H146O17P2/c1-5-9-13-17-21-25-28-30-32-33-34-35-36-37-38-40-42-46-50-54-58-62-75(80)92-71(66-86-73(78)60-56-52-48-45-41-39-31-29-26-22-18-14-10-6-2)68-90-94(83,84)88-64-69(76)63-87-93(81,82)89-67-70(65-85-72(77)59-55-51-47-43-24-20-16-12-8-4)91-74(79)61-57-53-49-44-27-23-19-15-11-7-3/h69-71,76H,5-68H2,1-4H3,(H,81,82)(H,83,84)/t69-,70+,71+/m0/s1. The Morgan fingerprint density at radius 2 is 0.426 bits per heavy atom. The van der Waals surface area contributed by atoms with E-state index in [2.05, 4.69) is 27.7 Å². The van der Waals surface area contributed by atoms with E-state index in [0.717, 1.165) is 89.9 Å². The van der Waals surface area contributed by atoms with Gasteiger partial charge in [-0.05, 0) is 25.7 Å². The van der Waals surface area contributed by atoms with Gasteiger partial charge in [-0.25, -0.2) is 9.13 Å². The fourth-order valence-electron chi connectivity index (χ4n) is 11.6. The lowest BCUT2D eigenvalue weighted by atomic mass is 10.0. The largest absolute Gasteiger partial charge is 0.472 e. The number of hydrogen-bond donors (Lipinski definition) is 3. The second-order valence-electron chi connectivity index (χ2n) is 27.0. The summed E-state index contributed by atoms with van der Waals surface area (Å²) in [6, 6.07) is 0. The van der Waals surface area contributed by atoms with Crippen LogP contribution in [-0.4, -0.2) is 96.7 Å². The Balaban J connectivity index is 5.17. The quantitative estimate of drug-likeness (QED) is 0.0222. The van der Waals surface area contributed by atoms with E-state index < -0.39 is 97.5 Å². The smallest absolute Gasteiger partial charge is 0.462 e. The van der Waals surface area contributed by atoms with E-state index in [4.69, 9.17) is 37.0 Å². The van der Waals surface area contributed by atoms with Crippen LogP contribution in [0.4, 0.5) is 0 Å². The molecule has 0 rings (SSSR count). The maximum atomic E-state index is 13.1. The van der Waals surface area contributed by atoms with Gasteiger partial charge in [0, 0.05) is 25.7 Å². The molecule has 2 unspecified atom stereocenters. The third-order valence-corrected chi connectivity index (χ3v) is 19.5.